The third-order valence-electron chi connectivity index (χ3n) is 5.86. The first-order valence-corrected chi connectivity index (χ1v) is 10.6. The minimum absolute atomic E-state index is 0.263. The number of carbonyl (C=O) groups is 3. The largest absolute Gasteiger partial charge is 0.497 e. The van der Waals surface area contributed by atoms with Crippen molar-refractivity contribution in [2.75, 3.05) is 7.11 Å². The van der Waals surface area contributed by atoms with Crippen molar-refractivity contribution in [2.45, 2.75) is 25.0 Å². The van der Waals surface area contributed by atoms with Crippen molar-refractivity contribution in [1.82, 2.24) is 15.5 Å². The molecule has 1 aliphatic rings. The Kier molecular flexibility index (Phi) is 6.13. The molecule has 3 aromatic rings. The van der Waals surface area contributed by atoms with Crippen LogP contribution in [-0.4, -0.2) is 35.9 Å². The number of benzene rings is 3. The molecule has 4 rings (SSSR count). The van der Waals surface area contributed by atoms with Gasteiger partial charge in [0.05, 0.1) is 7.11 Å². The number of nitrogens with one attached hydrogen (secondary N) is 2. The Bertz CT molecular complexity index is 1110. The molecule has 2 N–H and O–H groups in total. The van der Waals surface area contributed by atoms with Crippen LogP contribution in [0, 0.1) is 0 Å². The fraction of sp³-hybridized carbons (Fsp3) is 0.192. The third-order valence-corrected chi connectivity index (χ3v) is 5.86. The minimum atomic E-state index is -1.40. The number of imide groups is 1. The summed E-state index contributed by atoms with van der Waals surface area (Å²) in [5.74, 6) is -0.195. The molecule has 1 fully saturated rings. The van der Waals surface area contributed by atoms with E-state index >= 15 is 0 Å². The second kappa shape index (κ2) is 9.16. The summed E-state index contributed by atoms with van der Waals surface area (Å²) in [6.45, 7) is 1.81. The van der Waals surface area contributed by atoms with Gasteiger partial charge >= 0.3 is 6.03 Å². The van der Waals surface area contributed by atoms with E-state index in [1.165, 1.54) is 0 Å². The van der Waals surface area contributed by atoms with Gasteiger partial charge in [0.1, 0.15) is 11.8 Å². The lowest BCUT2D eigenvalue weighted by molar-refractivity contribution is -0.137. The molecule has 1 atom stereocenters. The predicted molar refractivity (Wildman–Crippen MR) is 123 cm³/mol. The SMILES string of the molecule is COc1ccc(CNC(=O)[C@H](C)N2C(=O)NC(c3ccccc3)(c3ccccc3)C2=O)cc1. The molecular formula is C26H25N3O4. The molecule has 1 heterocycles. The van der Waals surface area contributed by atoms with Gasteiger partial charge in [0.2, 0.25) is 5.91 Å². The van der Waals surface area contributed by atoms with Crippen molar-refractivity contribution in [3.63, 3.8) is 0 Å². The molecule has 0 bridgehead atoms. The first kappa shape index (κ1) is 22.1. The van der Waals surface area contributed by atoms with Gasteiger partial charge in [-0.2, -0.15) is 0 Å². The van der Waals surface area contributed by atoms with Gasteiger partial charge in [-0.1, -0.05) is 72.8 Å². The average molecular weight is 444 g/mol. The summed E-state index contributed by atoms with van der Waals surface area (Å²) in [4.78, 5) is 40.7. The van der Waals surface area contributed by atoms with Crippen molar-refractivity contribution in [1.29, 1.82) is 0 Å². The topological polar surface area (TPSA) is 87.7 Å². The molecule has 0 radical (unpaired) electrons. The van der Waals surface area contributed by atoms with E-state index in [1.54, 1.807) is 50.4 Å². The lowest BCUT2D eigenvalue weighted by Gasteiger charge is -2.29. The highest BCUT2D eigenvalue weighted by Gasteiger charge is 2.55. The molecule has 0 spiro atoms. The van der Waals surface area contributed by atoms with E-state index in [0.29, 0.717) is 11.1 Å². The summed E-state index contributed by atoms with van der Waals surface area (Å²) in [5, 5.41) is 5.67. The zero-order valence-corrected chi connectivity index (χ0v) is 18.4. The second-order valence-electron chi connectivity index (χ2n) is 7.83. The first-order chi connectivity index (χ1) is 16.0. The number of carbonyl (C=O) groups excluding carboxylic acids is 3. The van der Waals surface area contributed by atoms with Crippen LogP contribution in [0.15, 0.2) is 84.9 Å². The predicted octanol–water partition coefficient (Wildman–Crippen LogP) is 3.20. The normalized spacial score (nSPS) is 15.6. The number of nitrogens with zero attached hydrogens (tertiary/aromatic N) is 1. The van der Waals surface area contributed by atoms with E-state index in [9.17, 15) is 14.4 Å². The summed E-state index contributed by atoms with van der Waals surface area (Å²) < 4.78 is 5.14. The maximum absolute atomic E-state index is 13.8. The van der Waals surface area contributed by atoms with E-state index in [0.717, 1.165) is 16.2 Å². The average Bonchev–Trinajstić information content (AvgIpc) is 3.14. The van der Waals surface area contributed by atoms with E-state index in [-0.39, 0.29) is 6.54 Å². The minimum Gasteiger partial charge on any atom is -0.497 e. The highest BCUT2D eigenvalue weighted by atomic mass is 16.5. The van der Waals surface area contributed by atoms with Gasteiger partial charge in [-0.3, -0.25) is 9.59 Å². The monoisotopic (exact) mass is 443 g/mol. The summed E-state index contributed by atoms with van der Waals surface area (Å²) >= 11 is 0. The van der Waals surface area contributed by atoms with Crippen LogP contribution in [0.25, 0.3) is 0 Å². The van der Waals surface area contributed by atoms with Crippen LogP contribution < -0.4 is 15.4 Å². The standard InChI is InChI=1S/C26H25N3O4/c1-18(23(30)27-17-19-13-15-22(33-2)16-14-19)29-24(31)26(28-25(29)32,20-9-5-3-6-10-20)21-11-7-4-8-12-21/h3-16,18H,17H2,1-2H3,(H,27,30)(H,28,32)/t18-/m0/s1. The van der Waals surface area contributed by atoms with E-state index in [2.05, 4.69) is 10.6 Å². The quantitative estimate of drug-likeness (QED) is 0.549. The summed E-state index contributed by atoms with van der Waals surface area (Å²) in [7, 11) is 1.58. The molecule has 1 aliphatic heterocycles. The van der Waals surface area contributed by atoms with Gasteiger partial charge in [0.25, 0.3) is 5.91 Å². The van der Waals surface area contributed by atoms with Crippen LogP contribution in [0.4, 0.5) is 4.79 Å². The summed E-state index contributed by atoms with van der Waals surface area (Å²) in [6, 6.07) is 23.8. The lowest BCUT2D eigenvalue weighted by Crippen LogP contribution is -2.50. The number of hydrogen-bond donors (Lipinski definition) is 2. The van der Waals surface area contributed by atoms with Crippen molar-refractivity contribution in [3.8, 4) is 5.75 Å². The number of methoxy groups -OCH3 is 1. The maximum atomic E-state index is 13.8. The zero-order valence-electron chi connectivity index (χ0n) is 18.4. The number of rotatable bonds is 7. The van der Waals surface area contributed by atoms with Gasteiger partial charge < -0.3 is 15.4 Å². The van der Waals surface area contributed by atoms with Gasteiger partial charge in [0.15, 0.2) is 5.54 Å². The Hall–Kier alpha value is -4.13. The van der Waals surface area contributed by atoms with Crippen molar-refractivity contribution < 1.29 is 19.1 Å². The van der Waals surface area contributed by atoms with Crippen LogP contribution in [0.2, 0.25) is 0 Å². The number of urea groups is 1. The van der Waals surface area contributed by atoms with Crippen LogP contribution >= 0.6 is 0 Å². The highest BCUT2D eigenvalue weighted by molar-refractivity contribution is 6.12. The van der Waals surface area contributed by atoms with Crippen LogP contribution in [0.3, 0.4) is 0 Å². The molecule has 7 heteroatoms. The number of amides is 4. The maximum Gasteiger partial charge on any atom is 0.326 e. The van der Waals surface area contributed by atoms with Gasteiger partial charge in [-0.25, -0.2) is 9.69 Å². The summed E-state index contributed by atoms with van der Waals surface area (Å²) in [6.07, 6.45) is 0. The third kappa shape index (κ3) is 4.05. The molecule has 33 heavy (non-hydrogen) atoms. The summed E-state index contributed by atoms with van der Waals surface area (Å²) in [5.41, 5.74) is 0.728. The van der Waals surface area contributed by atoms with E-state index < -0.39 is 29.4 Å². The molecule has 0 saturated carbocycles. The Morgan fingerprint density at radius 2 is 1.48 bits per heavy atom. The number of hydrogen-bond acceptors (Lipinski definition) is 4. The van der Waals surface area contributed by atoms with Crippen molar-refractivity contribution in [2.24, 2.45) is 0 Å². The van der Waals surface area contributed by atoms with Gasteiger partial charge in [0, 0.05) is 6.54 Å². The highest BCUT2D eigenvalue weighted by Crippen LogP contribution is 2.36. The molecule has 0 aromatic heterocycles. The molecule has 4 amide bonds. The molecule has 0 unspecified atom stereocenters. The van der Waals surface area contributed by atoms with Crippen molar-refractivity contribution in [3.05, 3.63) is 102 Å². The molecule has 3 aromatic carbocycles. The molecule has 168 valence electrons. The van der Waals surface area contributed by atoms with Crippen LogP contribution in [0.1, 0.15) is 23.6 Å². The van der Waals surface area contributed by atoms with Gasteiger partial charge in [-0.15, -0.1) is 0 Å². The van der Waals surface area contributed by atoms with Crippen LogP contribution in [-0.2, 0) is 21.7 Å². The lowest BCUT2D eigenvalue weighted by atomic mass is 9.82. The second-order valence-corrected chi connectivity index (χ2v) is 7.83. The molecule has 7 nitrogen and oxygen atoms in total. The fourth-order valence-corrected chi connectivity index (χ4v) is 4.03. The Morgan fingerprint density at radius 3 is 2.00 bits per heavy atom. The zero-order chi connectivity index (χ0) is 23.4. The van der Waals surface area contributed by atoms with Gasteiger partial charge in [-0.05, 0) is 35.7 Å². The first-order valence-electron chi connectivity index (χ1n) is 10.6. The molecular weight excluding hydrogens is 418 g/mol. The Morgan fingerprint density at radius 1 is 0.939 bits per heavy atom. The van der Waals surface area contributed by atoms with Crippen LogP contribution in [0.5, 0.6) is 5.75 Å². The van der Waals surface area contributed by atoms with Crippen molar-refractivity contribution >= 4 is 17.8 Å². The molecule has 0 aliphatic carbocycles. The van der Waals surface area contributed by atoms with E-state index in [1.807, 2.05) is 48.5 Å². The number of ether oxygens (including phenoxy) is 1. The van der Waals surface area contributed by atoms with E-state index in [4.69, 9.17) is 4.74 Å². The Labute approximate surface area is 192 Å². The fourth-order valence-electron chi connectivity index (χ4n) is 4.03. The Balaban J connectivity index is 1.58. The molecule has 1 saturated heterocycles. The smallest absolute Gasteiger partial charge is 0.326 e.